The number of nitrogens with one attached hydrogen (secondary N) is 1. The maximum atomic E-state index is 13.8. The number of piperidine rings is 1. The molecule has 5 nitrogen and oxygen atoms in total. The SMILES string of the molecule is O=C(OCc1ccccc1)C1CCCCN1S(=O)Nc1c(F)cc(F)cc1F. The molecule has 1 saturated heterocycles. The summed E-state index contributed by atoms with van der Waals surface area (Å²) < 4.78 is 62.1. The number of carbonyl (C=O) groups is 1. The Morgan fingerprint density at radius 3 is 2.50 bits per heavy atom. The third kappa shape index (κ3) is 4.90. The van der Waals surface area contributed by atoms with E-state index in [2.05, 4.69) is 4.72 Å². The zero-order valence-corrected chi connectivity index (χ0v) is 15.7. The fourth-order valence-electron chi connectivity index (χ4n) is 2.95. The van der Waals surface area contributed by atoms with Gasteiger partial charge in [-0.15, -0.1) is 0 Å². The van der Waals surface area contributed by atoms with Gasteiger partial charge in [-0.25, -0.2) is 17.4 Å². The van der Waals surface area contributed by atoms with Crippen LogP contribution in [0.25, 0.3) is 0 Å². The number of rotatable bonds is 6. The van der Waals surface area contributed by atoms with Crippen LogP contribution in [0.3, 0.4) is 0 Å². The zero-order valence-electron chi connectivity index (χ0n) is 14.9. The number of ether oxygens (including phenoxy) is 1. The largest absolute Gasteiger partial charge is 0.460 e. The van der Waals surface area contributed by atoms with Gasteiger partial charge in [0.1, 0.15) is 24.2 Å². The third-order valence-corrected chi connectivity index (χ3v) is 5.60. The minimum Gasteiger partial charge on any atom is -0.460 e. The Hall–Kier alpha value is -2.39. The van der Waals surface area contributed by atoms with Crippen molar-refractivity contribution >= 4 is 22.8 Å². The minimum absolute atomic E-state index is 0.0747. The zero-order chi connectivity index (χ0) is 20.1. The van der Waals surface area contributed by atoms with E-state index in [1.807, 2.05) is 30.3 Å². The molecule has 1 aliphatic rings. The molecule has 1 aliphatic heterocycles. The number of hydrogen-bond donors (Lipinski definition) is 1. The van der Waals surface area contributed by atoms with E-state index in [0.717, 1.165) is 12.0 Å². The number of carbonyl (C=O) groups excluding carboxylic acids is 1. The molecule has 3 rings (SSSR count). The fourth-order valence-corrected chi connectivity index (χ4v) is 4.15. The average molecular weight is 412 g/mol. The first-order chi connectivity index (χ1) is 13.5. The number of nitrogens with zero attached hydrogens (tertiary/aromatic N) is 1. The Balaban J connectivity index is 1.68. The smallest absolute Gasteiger partial charge is 0.324 e. The van der Waals surface area contributed by atoms with E-state index in [9.17, 15) is 22.2 Å². The van der Waals surface area contributed by atoms with Crippen molar-refractivity contribution in [3.63, 3.8) is 0 Å². The summed E-state index contributed by atoms with van der Waals surface area (Å²) in [6.07, 6.45) is 1.82. The van der Waals surface area contributed by atoms with Gasteiger partial charge in [0.05, 0.1) is 0 Å². The third-order valence-electron chi connectivity index (χ3n) is 4.36. The van der Waals surface area contributed by atoms with Gasteiger partial charge in [0.15, 0.2) is 22.8 Å². The van der Waals surface area contributed by atoms with Gasteiger partial charge >= 0.3 is 5.97 Å². The summed E-state index contributed by atoms with van der Waals surface area (Å²) in [7, 11) is 0. The lowest BCUT2D eigenvalue weighted by atomic mass is 10.1. The minimum atomic E-state index is -2.10. The van der Waals surface area contributed by atoms with Crippen LogP contribution in [0.4, 0.5) is 18.9 Å². The van der Waals surface area contributed by atoms with Crippen LogP contribution in [0.15, 0.2) is 42.5 Å². The van der Waals surface area contributed by atoms with Gasteiger partial charge in [0, 0.05) is 18.7 Å². The molecule has 28 heavy (non-hydrogen) atoms. The summed E-state index contributed by atoms with van der Waals surface area (Å²) in [5, 5.41) is 0. The summed E-state index contributed by atoms with van der Waals surface area (Å²) in [4.78, 5) is 12.5. The van der Waals surface area contributed by atoms with Gasteiger partial charge in [0.2, 0.25) is 0 Å². The highest BCUT2D eigenvalue weighted by Gasteiger charge is 2.34. The Bertz CT molecular complexity index is 844. The second-order valence-corrected chi connectivity index (χ2v) is 7.51. The van der Waals surface area contributed by atoms with Gasteiger partial charge in [0.25, 0.3) is 0 Å². The van der Waals surface area contributed by atoms with E-state index in [-0.39, 0.29) is 13.2 Å². The van der Waals surface area contributed by atoms with E-state index >= 15 is 0 Å². The quantitative estimate of drug-likeness (QED) is 0.737. The van der Waals surface area contributed by atoms with E-state index in [1.165, 1.54) is 4.31 Å². The maximum Gasteiger partial charge on any atom is 0.324 e. The maximum absolute atomic E-state index is 13.8. The first-order valence-corrected chi connectivity index (χ1v) is 9.86. The molecule has 2 unspecified atom stereocenters. The Morgan fingerprint density at radius 1 is 1.14 bits per heavy atom. The first-order valence-electron chi connectivity index (χ1n) is 8.76. The van der Waals surface area contributed by atoms with Crippen LogP contribution in [-0.4, -0.2) is 27.1 Å². The lowest BCUT2D eigenvalue weighted by Crippen LogP contribution is -2.48. The molecule has 0 radical (unpaired) electrons. The Labute approximate surface area is 163 Å². The summed E-state index contributed by atoms with van der Waals surface area (Å²) in [5.41, 5.74) is 0.106. The number of hydrogen-bond acceptors (Lipinski definition) is 3. The van der Waals surface area contributed by atoms with Crippen molar-refractivity contribution in [3.05, 3.63) is 65.5 Å². The highest BCUT2D eigenvalue weighted by Crippen LogP contribution is 2.25. The van der Waals surface area contributed by atoms with Crippen LogP contribution >= 0.6 is 0 Å². The molecule has 1 fully saturated rings. The monoisotopic (exact) mass is 412 g/mol. The average Bonchev–Trinajstić information content (AvgIpc) is 2.69. The number of benzene rings is 2. The lowest BCUT2D eigenvalue weighted by Gasteiger charge is -2.32. The molecule has 0 amide bonds. The van der Waals surface area contributed by atoms with E-state index in [0.29, 0.717) is 25.0 Å². The van der Waals surface area contributed by atoms with E-state index < -0.39 is 46.3 Å². The highest BCUT2D eigenvalue weighted by molar-refractivity contribution is 7.84. The topological polar surface area (TPSA) is 58.6 Å². The number of halogens is 3. The Morgan fingerprint density at radius 2 is 1.82 bits per heavy atom. The molecule has 2 aromatic rings. The summed E-state index contributed by atoms with van der Waals surface area (Å²) in [6.45, 7) is 0.362. The van der Waals surface area contributed by atoms with Crippen molar-refractivity contribution in [2.24, 2.45) is 0 Å². The molecule has 150 valence electrons. The molecular formula is C19H19F3N2O3S. The Kier molecular flexibility index (Phi) is 6.69. The van der Waals surface area contributed by atoms with Crippen LogP contribution in [0.5, 0.6) is 0 Å². The van der Waals surface area contributed by atoms with E-state index in [4.69, 9.17) is 4.74 Å². The summed E-state index contributed by atoms with van der Waals surface area (Å²) in [5.74, 6) is -4.04. The number of esters is 1. The second kappa shape index (κ2) is 9.20. The molecule has 0 saturated carbocycles. The molecule has 9 heteroatoms. The molecule has 2 aromatic carbocycles. The van der Waals surface area contributed by atoms with Gasteiger partial charge in [-0.05, 0) is 24.8 Å². The molecule has 0 spiro atoms. The molecule has 1 heterocycles. The van der Waals surface area contributed by atoms with Crippen molar-refractivity contribution in [1.82, 2.24) is 4.31 Å². The molecule has 0 aromatic heterocycles. The predicted molar refractivity (Wildman–Crippen MR) is 98.7 cm³/mol. The highest BCUT2D eigenvalue weighted by atomic mass is 32.2. The molecule has 0 bridgehead atoms. The second-order valence-electron chi connectivity index (χ2n) is 6.34. The predicted octanol–water partition coefficient (Wildman–Crippen LogP) is 3.69. The van der Waals surface area contributed by atoms with Crippen molar-refractivity contribution in [3.8, 4) is 0 Å². The van der Waals surface area contributed by atoms with Crippen molar-refractivity contribution in [2.45, 2.75) is 31.9 Å². The molecule has 0 aliphatic carbocycles. The normalized spacial score (nSPS) is 18.5. The summed E-state index contributed by atoms with van der Waals surface area (Å²) in [6, 6.07) is 9.28. The van der Waals surface area contributed by atoms with Gasteiger partial charge in [-0.3, -0.25) is 9.52 Å². The standard InChI is InChI=1S/C19H19F3N2O3S/c20-14-10-15(21)18(16(22)11-14)23-28(26)24-9-5-4-8-17(24)19(25)27-12-13-6-2-1-3-7-13/h1-3,6-7,10-11,17,23H,4-5,8-9,12H2. The lowest BCUT2D eigenvalue weighted by molar-refractivity contribution is -0.150. The van der Waals surface area contributed by atoms with Gasteiger partial charge in [-0.2, -0.15) is 4.31 Å². The summed E-state index contributed by atoms with van der Waals surface area (Å²) >= 11 is -2.10. The molecule has 2 atom stereocenters. The van der Waals surface area contributed by atoms with E-state index in [1.54, 1.807) is 0 Å². The van der Waals surface area contributed by atoms with Crippen molar-refractivity contribution < 1.29 is 26.9 Å². The van der Waals surface area contributed by atoms with Crippen LogP contribution in [-0.2, 0) is 27.3 Å². The van der Waals surface area contributed by atoms with Gasteiger partial charge < -0.3 is 4.74 Å². The van der Waals surface area contributed by atoms with Crippen molar-refractivity contribution in [2.75, 3.05) is 11.3 Å². The molecule has 1 N–H and O–H groups in total. The molecular weight excluding hydrogens is 393 g/mol. The van der Waals surface area contributed by atoms with Crippen LogP contribution in [0.2, 0.25) is 0 Å². The van der Waals surface area contributed by atoms with Crippen molar-refractivity contribution in [1.29, 1.82) is 0 Å². The van der Waals surface area contributed by atoms with Crippen LogP contribution in [0.1, 0.15) is 24.8 Å². The van der Waals surface area contributed by atoms with Crippen LogP contribution in [0, 0.1) is 17.5 Å². The first kappa shape index (κ1) is 20.3. The van der Waals surface area contributed by atoms with Gasteiger partial charge in [-0.1, -0.05) is 30.3 Å². The fraction of sp³-hybridized carbons (Fsp3) is 0.316. The number of anilines is 1. The van der Waals surface area contributed by atoms with Crippen LogP contribution < -0.4 is 4.72 Å².